The Bertz CT molecular complexity index is 1300. The molecule has 0 aromatic heterocycles. The van der Waals surface area contributed by atoms with Crippen LogP contribution in [0.1, 0.15) is 37.4 Å². The molecule has 0 radical (unpaired) electrons. The standard InChI is InChI=1S/C28H26FN3O5/c1-18-4-2-5-19(12-18)14-25(32-26(33)21-8-10-23(29)11-9-21)27(34)31-24(15-30)17-37-16-20-6-3-7-22(13-20)28(35)36/h2-13,24-25H,14,16-17H2,1H3,(H,31,34)(H,32,33)(H,35,36)/t24-,25+/m1/s1. The van der Waals surface area contributed by atoms with Crippen LogP contribution in [0, 0.1) is 24.1 Å². The Morgan fingerprint density at radius 1 is 0.973 bits per heavy atom. The Balaban J connectivity index is 1.66. The van der Waals surface area contributed by atoms with E-state index in [-0.39, 0.29) is 30.8 Å². The number of nitrogens with one attached hydrogen (secondary N) is 2. The van der Waals surface area contributed by atoms with Crippen LogP contribution in [-0.4, -0.2) is 41.6 Å². The summed E-state index contributed by atoms with van der Waals surface area (Å²) in [6.45, 7) is 1.80. The Morgan fingerprint density at radius 2 is 1.68 bits per heavy atom. The number of carboxylic acid groups (broad SMARTS) is 1. The molecule has 0 spiro atoms. The molecule has 0 heterocycles. The Hall–Kier alpha value is -4.55. The van der Waals surface area contributed by atoms with Gasteiger partial charge in [0.05, 0.1) is 24.8 Å². The van der Waals surface area contributed by atoms with Gasteiger partial charge in [0.2, 0.25) is 5.91 Å². The number of amides is 2. The average Bonchev–Trinajstić information content (AvgIpc) is 2.88. The molecule has 0 aliphatic rings. The summed E-state index contributed by atoms with van der Waals surface area (Å²) in [7, 11) is 0. The molecule has 0 saturated heterocycles. The lowest BCUT2D eigenvalue weighted by molar-refractivity contribution is -0.123. The van der Waals surface area contributed by atoms with Crippen LogP contribution in [0.15, 0.2) is 72.8 Å². The third-order valence-electron chi connectivity index (χ3n) is 5.45. The van der Waals surface area contributed by atoms with Gasteiger partial charge in [0.15, 0.2) is 0 Å². The first kappa shape index (κ1) is 27.0. The molecular formula is C28H26FN3O5. The smallest absolute Gasteiger partial charge is 0.335 e. The van der Waals surface area contributed by atoms with E-state index in [1.54, 1.807) is 12.1 Å². The van der Waals surface area contributed by atoms with Crippen molar-refractivity contribution in [3.05, 3.63) is 106 Å². The topological polar surface area (TPSA) is 129 Å². The lowest BCUT2D eigenvalue weighted by atomic mass is 10.0. The highest BCUT2D eigenvalue weighted by Gasteiger charge is 2.24. The van der Waals surface area contributed by atoms with Gasteiger partial charge in [0.25, 0.3) is 5.91 Å². The van der Waals surface area contributed by atoms with Crippen LogP contribution in [0.2, 0.25) is 0 Å². The average molecular weight is 504 g/mol. The molecule has 3 N–H and O–H groups in total. The summed E-state index contributed by atoms with van der Waals surface area (Å²) < 4.78 is 18.8. The number of hydrogen-bond donors (Lipinski definition) is 3. The first-order chi connectivity index (χ1) is 17.7. The zero-order valence-corrected chi connectivity index (χ0v) is 20.1. The zero-order valence-electron chi connectivity index (χ0n) is 20.1. The molecule has 8 nitrogen and oxygen atoms in total. The number of ether oxygens (including phenoxy) is 1. The van der Waals surface area contributed by atoms with E-state index in [2.05, 4.69) is 10.6 Å². The maximum atomic E-state index is 13.2. The van der Waals surface area contributed by atoms with Crippen molar-refractivity contribution in [2.24, 2.45) is 0 Å². The van der Waals surface area contributed by atoms with Crippen LogP contribution in [0.4, 0.5) is 4.39 Å². The summed E-state index contributed by atoms with van der Waals surface area (Å²) in [6, 6.07) is 18.5. The Labute approximate surface area is 213 Å². The van der Waals surface area contributed by atoms with Crippen molar-refractivity contribution in [2.75, 3.05) is 6.61 Å². The molecular weight excluding hydrogens is 477 g/mol. The highest BCUT2D eigenvalue weighted by Crippen LogP contribution is 2.10. The Morgan fingerprint density at radius 3 is 2.35 bits per heavy atom. The number of rotatable bonds is 11. The molecule has 3 aromatic carbocycles. The van der Waals surface area contributed by atoms with Crippen molar-refractivity contribution in [1.29, 1.82) is 5.26 Å². The molecule has 0 unspecified atom stereocenters. The number of carbonyl (C=O) groups excluding carboxylic acids is 2. The van der Waals surface area contributed by atoms with Crippen LogP contribution in [0.5, 0.6) is 0 Å². The van der Waals surface area contributed by atoms with Crippen LogP contribution >= 0.6 is 0 Å². The Kier molecular flexibility index (Phi) is 9.47. The van der Waals surface area contributed by atoms with Crippen molar-refractivity contribution < 1.29 is 28.6 Å². The number of carboxylic acids is 1. The second-order valence-electron chi connectivity index (χ2n) is 8.44. The van der Waals surface area contributed by atoms with Gasteiger partial charge in [-0.2, -0.15) is 5.26 Å². The number of aromatic carboxylic acids is 1. The normalized spacial score (nSPS) is 12.1. The highest BCUT2D eigenvalue weighted by atomic mass is 19.1. The van der Waals surface area contributed by atoms with E-state index < -0.39 is 35.7 Å². The van der Waals surface area contributed by atoms with Crippen LogP contribution in [0.3, 0.4) is 0 Å². The maximum absolute atomic E-state index is 13.2. The minimum absolute atomic E-state index is 0.0448. The molecule has 2 atom stereocenters. The second kappa shape index (κ2) is 13.0. The summed E-state index contributed by atoms with van der Waals surface area (Å²) >= 11 is 0. The summed E-state index contributed by atoms with van der Waals surface area (Å²) in [6.07, 6.45) is 0.168. The van der Waals surface area contributed by atoms with Crippen LogP contribution in [-0.2, 0) is 22.6 Å². The predicted octanol–water partition coefficient (Wildman–Crippen LogP) is 3.40. The van der Waals surface area contributed by atoms with Gasteiger partial charge in [-0.15, -0.1) is 0 Å². The summed E-state index contributed by atoms with van der Waals surface area (Å²) in [5.74, 6) is -2.70. The van der Waals surface area contributed by atoms with Gasteiger partial charge < -0.3 is 20.5 Å². The monoisotopic (exact) mass is 503 g/mol. The van der Waals surface area contributed by atoms with Gasteiger partial charge in [-0.25, -0.2) is 9.18 Å². The van der Waals surface area contributed by atoms with Crippen molar-refractivity contribution in [3.8, 4) is 6.07 Å². The van der Waals surface area contributed by atoms with E-state index in [1.165, 1.54) is 24.3 Å². The number of nitrogens with zero attached hydrogens (tertiary/aromatic N) is 1. The quantitative estimate of drug-likeness (QED) is 0.368. The second-order valence-corrected chi connectivity index (χ2v) is 8.44. The molecule has 0 saturated carbocycles. The maximum Gasteiger partial charge on any atom is 0.335 e. The van der Waals surface area contributed by atoms with E-state index in [4.69, 9.17) is 9.84 Å². The number of aryl methyl sites for hydroxylation is 1. The van der Waals surface area contributed by atoms with Gasteiger partial charge in [-0.3, -0.25) is 9.59 Å². The molecule has 2 amide bonds. The minimum atomic E-state index is -1.06. The van der Waals surface area contributed by atoms with E-state index in [0.29, 0.717) is 5.56 Å². The molecule has 3 rings (SSSR count). The number of benzene rings is 3. The first-order valence-electron chi connectivity index (χ1n) is 11.5. The number of carbonyl (C=O) groups is 3. The highest BCUT2D eigenvalue weighted by molar-refractivity contribution is 5.97. The molecule has 0 aliphatic heterocycles. The van der Waals surface area contributed by atoms with E-state index in [1.807, 2.05) is 37.3 Å². The number of halogens is 1. The summed E-state index contributed by atoms with van der Waals surface area (Å²) in [5.41, 5.74) is 2.69. The molecule has 0 fully saturated rings. The predicted molar refractivity (Wildman–Crippen MR) is 133 cm³/mol. The molecule has 9 heteroatoms. The largest absolute Gasteiger partial charge is 0.478 e. The van der Waals surface area contributed by atoms with Gasteiger partial charge in [-0.05, 0) is 54.4 Å². The van der Waals surface area contributed by atoms with Crippen LogP contribution < -0.4 is 10.6 Å². The fourth-order valence-electron chi connectivity index (χ4n) is 3.60. The van der Waals surface area contributed by atoms with Crippen LogP contribution in [0.25, 0.3) is 0 Å². The number of hydrogen-bond acceptors (Lipinski definition) is 5. The van der Waals surface area contributed by atoms with Crippen molar-refractivity contribution >= 4 is 17.8 Å². The van der Waals surface area contributed by atoms with E-state index in [9.17, 15) is 24.0 Å². The SMILES string of the molecule is Cc1cccc(C[C@H](NC(=O)c2ccc(F)cc2)C(=O)N[C@H](C#N)COCc2cccc(C(=O)O)c2)c1. The molecule has 0 bridgehead atoms. The van der Waals surface area contributed by atoms with Crippen molar-refractivity contribution in [2.45, 2.75) is 32.0 Å². The van der Waals surface area contributed by atoms with Gasteiger partial charge in [0, 0.05) is 12.0 Å². The molecule has 3 aromatic rings. The van der Waals surface area contributed by atoms with Crippen molar-refractivity contribution in [1.82, 2.24) is 10.6 Å². The van der Waals surface area contributed by atoms with E-state index in [0.717, 1.165) is 23.3 Å². The van der Waals surface area contributed by atoms with Gasteiger partial charge in [0.1, 0.15) is 17.9 Å². The summed E-state index contributed by atoms with van der Waals surface area (Å²) in [4.78, 5) is 37.0. The third-order valence-corrected chi connectivity index (χ3v) is 5.45. The fourth-order valence-corrected chi connectivity index (χ4v) is 3.60. The minimum Gasteiger partial charge on any atom is -0.478 e. The molecule has 37 heavy (non-hydrogen) atoms. The van der Waals surface area contributed by atoms with Gasteiger partial charge >= 0.3 is 5.97 Å². The number of nitriles is 1. The first-order valence-corrected chi connectivity index (χ1v) is 11.5. The third kappa shape index (κ3) is 8.26. The molecule has 0 aliphatic carbocycles. The zero-order chi connectivity index (χ0) is 26.8. The fraction of sp³-hybridized carbons (Fsp3) is 0.214. The van der Waals surface area contributed by atoms with Crippen molar-refractivity contribution in [3.63, 3.8) is 0 Å². The van der Waals surface area contributed by atoms with E-state index >= 15 is 0 Å². The molecule has 190 valence electrons. The lowest BCUT2D eigenvalue weighted by Gasteiger charge is -2.21. The van der Waals surface area contributed by atoms with Gasteiger partial charge in [-0.1, -0.05) is 42.0 Å². The lowest BCUT2D eigenvalue weighted by Crippen LogP contribution is -2.51. The summed E-state index contributed by atoms with van der Waals surface area (Å²) in [5, 5.41) is 23.9.